The highest BCUT2D eigenvalue weighted by Crippen LogP contribution is 2.05. The van der Waals surface area contributed by atoms with Crippen molar-refractivity contribution in [3.63, 3.8) is 0 Å². The Morgan fingerprint density at radius 3 is 2.36 bits per heavy atom. The van der Waals surface area contributed by atoms with Gasteiger partial charge in [0.25, 0.3) is 0 Å². The minimum absolute atomic E-state index is 0.0424. The Labute approximate surface area is 151 Å². The van der Waals surface area contributed by atoms with Crippen molar-refractivity contribution in [2.45, 2.75) is 65.0 Å². The van der Waals surface area contributed by atoms with E-state index in [1.165, 1.54) is 5.56 Å². The van der Waals surface area contributed by atoms with Gasteiger partial charge in [0, 0.05) is 6.54 Å². The molecule has 0 fully saturated rings. The number of nitrogens with two attached hydrogens (primary N) is 1. The third-order valence-corrected chi connectivity index (χ3v) is 4.28. The van der Waals surface area contributed by atoms with Crippen molar-refractivity contribution in [2.75, 3.05) is 6.54 Å². The molecule has 2 amide bonds. The normalized spacial score (nSPS) is 13.3. The molecule has 140 valence electrons. The van der Waals surface area contributed by atoms with Gasteiger partial charge >= 0.3 is 0 Å². The third kappa shape index (κ3) is 8.16. The molecule has 0 radical (unpaired) electrons. The first kappa shape index (κ1) is 21.2. The van der Waals surface area contributed by atoms with E-state index in [-0.39, 0.29) is 17.7 Å². The molecule has 1 aromatic carbocycles. The van der Waals surface area contributed by atoms with Gasteiger partial charge in [-0.1, -0.05) is 63.9 Å². The molecule has 0 aromatic heterocycles. The minimum Gasteiger partial charge on any atom is -0.354 e. The van der Waals surface area contributed by atoms with Crippen LogP contribution >= 0.6 is 0 Å². The third-order valence-electron chi connectivity index (χ3n) is 4.28. The predicted molar refractivity (Wildman–Crippen MR) is 102 cm³/mol. The van der Waals surface area contributed by atoms with Gasteiger partial charge in [-0.25, -0.2) is 0 Å². The zero-order chi connectivity index (χ0) is 18.7. The summed E-state index contributed by atoms with van der Waals surface area (Å²) in [5.41, 5.74) is 7.14. The summed E-state index contributed by atoms with van der Waals surface area (Å²) in [6, 6.07) is 9.10. The second kappa shape index (κ2) is 11.6. The Morgan fingerprint density at radius 1 is 1.08 bits per heavy atom. The van der Waals surface area contributed by atoms with Crippen molar-refractivity contribution in [1.82, 2.24) is 10.6 Å². The van der Waals surface area contributed by atoms with Gasteiger partial charge in [0.2, 0.25) is 11.8 Å². The van der Waals surface area contributed by atoms with Crippen molar-refractivity contribution in [1.29, 1.82) is 0 Å². The summed E-state index contributed by atoms with van der Waals surface area (Å²) >= 11 is 0. The average Bonchev–Trinajstić information content (AvgIpc) is 2.61. The largest absolute Gasteiger partial charge is 0.354 e. The van der Waals surface area contributed by atoms with Crippen LogP contribution in [0.2, 0.25) is 0 Å². The van der Waals surface area contributed by atoms with Crippen LogP contribution in [0.1, 0.15) is 52.0 Å². The van der Waals surface area contributed by atoms with Gasteiger partial charge in [-0.2, -0.15) is 0 Å². The van der Waals surface area contributed by atoms with Crippen molar-refractivity contribution in [2.24, 2.45) is 11.7 Å². The van der Waals surface area contributed by atoms with Crippen molar-refractivity contribution >= 4 is 11.8 Å². The predicted octanol–water partition coefficient (Wildman–Crippen LogP) is 2.39. The number of unbranched alkanes of at least 4 members (excludes halogenated alkanes) is 1. The minimum atomic E-state index is -0.588. The van der Waals surface area contributed by atoms with Crippen LogP contribution in [0.4, 0.5) is 0 Å². The molecule has 25 heavy (non-hydrogen) atoms. The van der Waals surface area contributed by atoms with Crippen LogP contribution in [-0.2, 0) is 16.0 Å². The lowest BCUT2D eigenvalue weighted by atomic mass is 10.0. The number of carbonyl (C=O) groups is 2. The van der Waals surface area contributed by atoms with Crippen LogP contribution in [0.3, 0.4) is 0 Å². The van der Waals surface area contributed by atoms with Crippen LogP contribution in [0.25, 0.3) is 0 Å². The molecule has 5 nitrogen and oxygen atoms in total. The second-order valence-electron chi connectivity index (χ2n) is 6.85. The molecular formula is C20H33N3O2. The van der Waals surface area contributed by atoms with Gasteiger partial charge in [-0.05, 0) is 30.7 Å². The standard InChI is InChI=1S/C20H33N3O2/c1-4-5-13-17(23-20(25)18(21)15(2)3)19(24)22-14-9-12-16-10-7-6-8-11-16/h6-8,10-11,15,17-18H,4-5,9,12-14,21H2,1-3H3,(H,22,24)(H,23,25). The zero-order valence-electron chi connectivity index (χ0n) is 15.8. The monoisotopic (exact) mass is 347 g/mol. The number of rotatable bonds is 11. The first-order valence-electron chi connectivity index (χ1n) is 9.33. The van der Waals surface area contributed by atoms with E-state index in [0.29, 0.717) is 13.0 Å². The van der Waals surface area contributed by atoms with Crippen LogP contribution in [0, 0.1) is 5.92 Å². The lowest BCUT2D eigenvalue weighted by Gasteiger charge is -2.22. The molecule has 0 aliphatic rings. The van der Waals surface area contributed by atoms with Crippen LogP contribution in [0.5, 0.6) is 0 Å². The summed E-state index contributed by atoms with van der Waals surface area (Å²) in [6.07, 6.45) is 4.29. The molecule has 0 saturated heterocycles. The van der Waals surface area contributed by atoms with Gasteiger partial charge in [0.05, 0.1) is 6.04 Å². The highest BCUT2D eigenvalue weighted by molar-refractivity contribution is 5.89. The molecule has 2 atom stereocenters. The topological polar surface area (TPSA) is 84.2 Å². The maximum absolute atomic E-state index is 12.4. The molecule has 0 spiro atoms. The van der Waals surface area contributed by atoms with E-state index in [0.717, 1.165) is 25.7 Å². The number of amides is 2. The van der Waals surface area contributed by atoms with E-state index in [1.54, 1.807) is 0 Å². The molecular weight excluding hydrogens is 314 g/mol. The number of hydrogen-bond donors (Lipinski definition) is 3. The Balaban J connectivity index is 2.45. The lowest BCUT2D eigenvalue weighted by Crippen LogP contribution is -2.53. The van der Waals surface area contributed by atoms with Gasteiger partial charge in [0.1, 0.15) is 6.04 Å². The maximum Gasteiger partial charge on any atom is 0.242 e. The summed E-state index contributed by atoms with van der Waals surface area (Å²) in [5.74, 6) is -0.331. The number of aryl methyl sites for hydroxylation is 1. The molecule has 1 aromatic rings. The van der Waals surface area contributed by atoms with E-state index in [9.17, 15) is 9.59 Å². The van der Waals surface area contributed by atoms with Crippen LogP contribution < -0.4 is 16.4 Å². The number of benzene rings is 1. The van der Waals surface area contributed by atoms with E-state index in [1.807, 2.05) is 32.0 Å². The zero-order valence-corrected chi connectivity index (χ0v) is 15.8. The van der Waals surface area contributed by atoms with E-state index in [2.05, 4.69) is 29.7 Å². The molecule has 0 saturated carbocycles. The Morgan fingerprint density at radius 2 is 1.76 bits per heavy atom. The van der Waals surface area contributed by atoms with Crippen LogP contribution in [0.15, 0.2) is 30.3 Å². The molecule has 5 heteroatoms. The van der Waals surface area contributed by atoms with Crippen molar-refractivity contribution in [3.8, 4) is 0 Å². The molecule has 0 bridgehead atoms. The van der Waals surface area contributed by atoms with Crippen molar-refractivity contribution in [3.05, 3.63) is 35.9 Å². The molecule has 2 unspecified atom stereocenters. The van der Waals surface area contributed by atoms with Crippen molar-refractivity contribution < 1.29 is 9.59 Å². The SMILES string of the molecule is CCCCC(NC(=O)C(N)C(C)C)C(=O)NCCCc1ccccc1. The van der Waals surface area contributed by atoms with Gasteiger partial charge in [0.15, 0.2) is 0 Å². The summed E-state index contributed by atoms with van der Waals surface area (Å²) in [4.78, 5) is 24.6. The highest BCUT2D eigenvalue weighted by Gasteiger charge is 2.24. The first-order chi connectivity index (χ1) is 12.0. The number of nitrogens with one attached hydrogen (secondary N) is 2. The molecule has 4 N–H and O–H groups in total. The molecule has 0 aliphatic carbocycles. The quantitative estimate of drug-likeness (QED) is 0.537. The fourth-order valence-corrected chi connectivity index (χ4v) is 2.52. The maximum atomic E-state index is 12.4. The summed E-state index contributed by atoms with van der Waals surface area (Å²) in [6.45, 7) is 6.46. The average molecular weight is 348 g/mol. The lowest BCUT2D eigenvalue weighted by molar-refractivity contribution is -0.130. The Bertz CT molecular complexity index is 517. The number of hydrogen-bond acceptors (Lipinski definition) is 3. The summed E-state index contributed by atoms with van der Waals surface area (Å²) in [5, 5.41) is 5.76. The second-order valence-corrected chi connectivity index (χ2v) is 6.85. The molecule has 1 rings (SSSR count). The summed E-state index contributed by atoms with van der Waals surface area (Å²) < 4.78 is 0. The Hall–Kier alpha value is -1.88. The van der Waals surface area contributed by atoms with E-state index < -0.39 is 12.1 Å². The highest BCUT2D eigenvalue weighted by atomic mass is 16.2. The van der Waals surface area contributed by atoms with Gasteiger partial charge < -0.3 is 16.4 Å². The fourth-order valence-electron chi connectivity index (χ4n) is 2.52. The molecule has 0 heterocycles. The Kier molecular flexibility index (Phi) is 9.85. The smallest absolute Gasteiger partial charge is 0.242 e. The van der Waals surface area contributed by atoms with E-state index >= 15 is 0 Å². The van der Waals surface area contributed by atoms with Gasteiger partial charge in [-0.15, -0.1) is 0 Å². The summed E-state index contributed by atoms with van der Waals surface area (Å²) in [7, 11) is 0. The first-order valence-corrected chi connectivity index (χ1v) is 9.33. The molecule has 0 aliphatic heterocycles. The number of carbonyl (C=O) groups excluding carboxylic acids is 2. The van der Waals surface area contributed by atoms with Crippen LogP contribution in [-0.4, -0.2) is 30.4 Å². The fraction of sp³-hybridized carbons (Fsp3) is 0.600. The van der Waals surface area contributed by atoms with E-state index in [4.69, 9.17) is 5.73 Å². The van der Waals surface area contributed by atoms with Gasteiger partial charge in [-0.3, -0.25) is 9.59 Å².